The van der Waals surface area contributed by atoms with E-state index in [-0.39, 0.29) is 24.3 Å². The van der Waals surface area contributed by atoms with E-state index in [9.17, 15) is 14.4 Å². The molecule has 0 bridgehead atoms. The Bertz CT molecular complexity index is 1420. The Balaban J connectivity index is 1.76. The summed E-state index contributed by atoms with van der Waals surface area (Å²) in [4.78, 5) is 43.5. The van der Waals surface area contributed by atoms with E-state index in [1.165, 1.54) is 0 Å². The van der Waals surface area contributed by atoms with Crippen LogP contribution in [0.5, 0.6) is 0 Å². The standard InChI is InChI=1S/C35H43N3O4/c1-22-16-17-27(20-25(22)4)31(32(39)37-30-23(2)12-11-13-24(30)3)38(28-18-19-28)33(40)29(21-26-14-9-8-10-15-26)36-34(41)42-35(5,6)7/h8-17,20,28-29,31H,18-19,21H2,1-7H3,(H,36,41)(H,37,39). The highest BCUT2D eigenvalue weighted by Crippen LogP contribution is 2.37. The smallest absolute Gasteiger partial charge is 0.408 e. The fourth-order valence-electron chi connectivity index (χ4n) is 5.13. The van der Waals surface area contributed by atoms with Crippen LogP contribution < -0.4 is 10.6 Å². The summed E-state index contributed by atoms with van der Waals surface area (Å²) in [6.07, 6.45) is 1.17. The third-order valence-electron chi connectivity index (χ3n) is 7.57. The molecule has 0 radical (unpaired) electrons. The summed E-state index contributed by atoms with van der Waals surface area (Å²) >= 11 is 0. The van der Waals surface area contributed by atoms with Gasteiger partial charge in [0.05, 0.1) is 0 Å². The van der Waals surface area contributed by atoms with Crippen LogP contribution in [0.15, 0.2) is 66.7 Å². The van der Waals surface area contributed by atoms with Crippen molar-refractivity contribution in [2.75, 3.05) is 5.32 Å². The number of anilines is 1. The van der Waals surface area contributed by atoms with Gasteiger partial charge in [0.25, 0.3) is 5.91 Å². The van der Waals surface area contributed by atoms with Crippen molar-refractivity contribution in [3.05, 3.63) is 100 Å². The third kappa shape index (κ3) is 7.78. The molecule has 42 heavy (non-hydrogen) atoms. The molecule has 1 saturated carbocycles. The lowest BCUT2D eigenvalue weighted by Crippen LogP contribution is -2.54. The molecule has 1 aliphatic carbocycles. The molecule has 222 valence electrons. The van der Waals surface area contributed by atoms with E-state index >= 15 is 0 Å². The minimum Gasteiger partial charge on any atom is -0.444 e. The molecular weight excluding hydrogens is 526 g/mol. The second-order valence-corrected chi connectivity index (χ2v) is 12.4. The molecule has 2 N–H and O–H groups in total. The number of hydrogen-bond donors (Lipinski definition) is 2. The zero-order valence-corrected chi connectivity index (χ0v) is 25.8. The molecule has 7 heteroatoms. The van der Waals surface area contributed by atoms with Crippen molar-refractivity contribution in [1.29, 1.82) is 0 Å². The summed E-state index contributed by atoms with van der Waals surface area (Å²) in [5.74, 6) is -0.598. The molecule has 7 nitrogen and oxygen atoms in total. The highest BCUT2D eigenvalue weighted by Gasteiger charge is 2.44. The predicted molar refractivity (Wildman–Crippen MR) is 166 cm³/mol. The first-order valence-electron chi connectivity index (χ1n) is 14.6. The van der Waals surface area contributed by atoms with Crippen LogP contribution in [-0.2, 0) is 20.7 Å². The molecule has 0 heterocycles. The first kappa shape index (κ1) is 30.8. The van der Waals surface area contributed by atoms with Gasteiger partial charge in [-0.15, -0.1) is 0 Å². The summed E-state index contributed by atoms with van der Waals surface area (Å²) in [6, 6.07) is 19.4. The Morgan fingerprint density at radius 2 is 1.50 bits per heavy atom. The fraction of sp³-hybridized carbons (Fsp3) is 0.400. The number of amides is 3. The first-order chi connectivity index (χ1) is 19.8. The number of carbonyl (C=O) groups is 3. The van der Waals surface area contributed by atoms with Crippen LogP contribution in [0, 0.1) is 27.7 Å². The van der Waals surface area contributed by atoms with Crippen molar-refractivity contribution >= 4 is 23.6 Å². The topological polar surface area (TPSA) is 87.7 Å². The number of aryl methyl sites for hydroxylation is 4. The Hall–Kier alpha value is -4.13. The monoisotopic (exact) mass is 569 g/mol. The van der Waals surface area contributed by atoms with E-state index < -0.39 is 23.8 Å². The Labute approximate surface area is 249 Å². The molecule has 3 amide bonds. The summed E-state index contributed by atoms with van der Waals surface area (Å²) in [5, 5.41) is 5.98. The molecule has 1 aliphatic rings. The Kier molecular flexibility index (Phi) is 9.40. The molecule has 1 fully saturated rings. The fourth-order valence-corrected chi connectivity index (χ4v) is 5.13. The third-order valence-corrected chi connectivity index (χ3v) is 7.57. The zero-order chi connectivity index (χ0) is 30.6. The van der Waals surface area contributed by atoms with Gasteiger partial charge in [-0.25, -0.2) is 4.79 Å². The highest BCUT2D eigenvalue weighted by atomic mass is 16.6. The van der Waals surface area contributed by atoms with Crippen LogP contribution in [-0.4, -0.2) is 40.5 Å². The first-order valence-corrected chi connectivity index (χ1v) is 14.6. The van der Waals surface area contributed by atoms with Crippen LogP contribution in [0.1, 0.15) is 73.0 Å². The number of carbonyl (C=O) groups excluding carboxylic acids is 3. The molecular formula is C35H43N3O4. The second kappa shape index (κ2) is 12.8. The quantitative estimate of drug-likeness (QED) is 0.299. The van der Waals surface area contributed by atoms with Crippen molar-refractivity contribution in [2.45, 2.75) is 91.5 Å². The van der Waals surface area contributed by atoms with Crippen LogP contribution >= 0.6 is 0 Å². The van der Waals surface area contributed by atoms with E-state index in [1.54, 1.807) is 25.7 Å². The van der Waals surface area contributed by atoms with Gasteiger partial charge in [-0.2, -0.15) is 0 Å². The number of nitrogens with one attached hydrogen (secondary N) is 2. The lowest BCUT2D eigenvalue weighted by Gasteiger charge is -2.35. The predicted octanol–water partition coefficient (Wildman–Crippen LogP) is 6.73. The molecule has 4 rings (SSSR count). The number of hydrogen-bond acceptors (Lipinski definition) is 4. The summed E-state index contributed by atoms with van der Waals surface area (Å²) in [5.41, 5.74) is 5.67. The summed E-state index contributed by atoms with van der Waals surface area (Å²) in [6.45, 7) is 13.3. The largest absolute Gasteiger partial charge is 0.444 e. The van der Waals surface area contributed by atoms with E-state index in [1.807, 2.05) is 94.4 Å². The van der Waals surface area contributed by atoms with Gasteiger partial charge in [0.1, 0.15) is 17.7 Å². The maximum absolute atomic E-state index is 14.6. The lowest BCUT2D eigenvalue weighted by molar-refractivity contribution is -0.141. The lowest BCUT2D eigenvalue weighted by atomic mass is 9.97. The van der Waals surface area contributed by atoms with Gasteiger partial charge in [-0.3, -0.25) is 9.59 Å². The summed E-state index contributed by atoms with van der Waals surface area (Å²) in [7, 11) is 0. The molecule has 2 atom stereocenters. The van der Waals surface area contributed by atoms with Crippen LogP contribution in [0.25, 0.3) is 0 Å². The molecule has 0 aromatic heterocycles. The molecule has 2 unspecified atom stereocenters. The van der Waals surface area contributed by atoms with Gasteiger partial charge in [-0.05, 0) is 94.7 Å². The van der Waals surface area contributed by atoms with Gasteiger partial charge in [0, 0.05) is 18.2 Å². The number of alkyl carbamates (subject to hydrolysis) is 1. The van der Waals surface area contributed by atoms with Gasteiger partial charge < -0.3 is 20.3 Å². The number of ether oxygens (including phenoxy) is 1. The van der Waals surface area contributed by atoms with Gasteiger partial charge in [0.15, 0.2) is 0 Å². The average molecular weight is 570 g/mol. The van der Waals surface area contributed by atoms with Crippen LogP contribution in [0.2, 0.25) is 0 Å². The van der Waals surface area contributed by atoms with Crippen molar-refractivity contribution < 1.29 is 19.1 Å². The van der Waals surface area contributed by atoms with E-state index in [0.717, 1.165) is 51.9 Å². The number of rotatable bonds is 9. The van der Waals surface area contributed by atoms with Crippen LogP contribution in [0.3, 0.4) is 0 Å². The Morgan fingerprint density at radius 3 is 2.07 bits per heavy atom. The molecule has 3 aromatic rings. The van der Waals surface area contributed by atoms with E-state index in [4.69, 9.17) is 4.74 Å². The number of para-hydroxylation sites is 1. The van der Waals surface area contributed by atoms with Crippen molar-refractivity contribution in [2.24, 2.45) is 0 Å². The van der Waals surface area contributed by atoms with Crippen molar-refractivity contribution in [3.63, 3.8) is 0 Å². The van der Waals surface area contributed by atoms with Crippen LogP contribution in [0.4, 0.5) is 10.5 Å². The normalized spacial score (nSPS) is 14.5. The van der Waals surface area contributed by atoms with Gasteiger partial charge in [0.2, 0.25) is 5.91 Å². The summed E-state index contributed by atoms with van der Waals surface area (Å²) < 4.78 is 5.54. The van der Waals surface area contributed by atoms with Crippen molar-refractivity contribution in [3.8, 4) is 0 Å². The van der Waals surface area contributed by atoms with E-state index in [2.05, 4.69) is 10.6 Å². The minimum absolute atomic E-state index is 0.119. The SMILES string of the molecule is Cc1ccc(C(C(=O)Nc2c(C)cccc2C)N(C(=O)C(Cc2ccccc2)NC(=O)OC(C)(C)C)C2CC2)cc1C. The van der Waals surface area contributed by atoms with Gasteiger partial charge >= 0.3 is 6.09 Å². The maximum Gasteiger partial charge on any atom is 0.408 e. The van der Waals surface area contributed by atoms with Crippen molar-refractivity contribution in [1.82, 2.24) is 10.2 Å². The van der Waals surface area contributed by atoms with E-state index in [0.29, 0.717) is 0 Å². The molecule has 0 spiro atoms. The zero-order valence-electron chi connectivity index (χ0n) is 25.8. The Morgan fingerprint density at radius 1 is 0.857 bits per heavy atom. The minimum atomic E-state index is -0.926. The molecule has 0 saturated heterocycles. The highest BCUT2D eigenvalue weighted by molar-refractivity contribution is 6.00. The molecule has 3 aromatic carbocycles. The second-order valence-electron chi connectivity index (χ2n) is 12.4. The molecule has 0 aliphatic heterocycles. The number of benzene rings is 3. The maximum atomic E-state index is 14.6. The number of nitrogens with zero attached hydrogens (tertiary/aromatic N) is 1. The van der Waals surface area contributed by atoms with Gasteiger partial charge in [-0.1, -0.05) is 66.7 Å². The average Bonchev–Trinajstić information content (AvgIpc) is 3.75.